The summed E-state index contributed by atoms with van der Waals surface area (Å²) in [5.41, 5.74) is 2.00. The third-order valence-corrected chi connectivity index (χ3v) is 6.08. The van der Waals surface area contributed by atoms with E-state index >= 15 is 0 Å². The van der Waals surface area contributed by atoms with Crippen molar-refractivity contribution in [3.63, 3.8) is 0 Å². The van der Waals surface area contributed by atoms with Gasteiger partial charge in [0, 0.05) is 31.2 Å². The number of aliphatic carboxylic acids is 1. The van der Waals surface area contributed by atoms with E-state index in [0.29, 0.717) is 6.54 Å². The first kappa shape index (κ1) is 18.2. The molecule has 3 rings (SSSR count). The summed E-state index contributed by atoms with van der Waals surface area (Å²) in [6, 6.07) is 5.11. The van der Waals surface area contributed by atoms with Gasteiger partial charge in [-0.25, -0.2) is 4.39 Å². The molecule has 0 radical (unpaired) electrons. The Morgan fingerprint density at radius 3 is 2.52 bits per heavy atom. The summed E-state index contributed by atoms with van der Waals surface area (Å²) in [7, 11) is 2.07. The zero-order valence-corrected chi connectivity index (χ0v) is 15.7. The van der Waals surface area contributed by atoms with Gasteiger partial charge >= 0.3 is 5.97 Å². The fourth-order valence-electron chi connectivity index (χ4n) is 4.46. The van der Waals surface area contributed by atoms with Gasteiger partial charge in [0.25, 0.3) is 0 Å². The first-order valence-corrected chi connectivity index (χ1v) is 9.09. The number of hydrogen-bond acceptors (Lipinski definition) is 3. The summed E-state index contributed by atoms with van der Waals surface area (Å²) in [5, 5.41) is 9.56. The number of likely N-dealkylation sites (tertiary alicyclic amines) is 1. The van der Waals surface area contributed by atoms with Crippen molar-refractivity contribution < 1.29 is 14.3 Å². The zero-order valence-electron chi connectivity index (χ0n) is 15.7. The van der Waals surface area contributed by atoms with E-state index < -0.39 is 5.97 Å². The number of anilines is 1. The molecule has 0 saturated carbocycles. The molecule has 2 aliphatic rings. The van der Waals surface area contributed by atoms with Gasteiger partial charge in [-0.1, -0.05) is 20.8 Å². The van der Waals surface area contributed by atoms with Crippen LogP contribution in [0.5, 0.6) is 0 Å². The lowest BCUT2D eigenvalue weighted by Gasteiger charge is -2.42. The minimum Gasteiger partial charge on any atom is -0.481 e. The van der Waals surface area contributed by atoms with Gasteiger partial charge in [-0.15, -0.1) is 0 Å². The number of rotatable bonds is 3. The third-order valence-electron chi connectivity index (χ3n) is 6.08. The van der Waals surface area contributed by atoms with Crippen molar-refractivity contribution in [3.05, 3.63) is 29.6 Å². The molecule has 25 heavy (non-hydrogen) atoms. The predicted molar refractivity (Wildman–Crippen MR) is 97.6 cm³/mol. The molecule has 5 heteroatoms. The Bertz CT molecular complexity index is 660. The second kappa shape index (κ2) is 6.27. The Kier molecular flexibility index (Phi) is 4.56. The first-order chi connectivity index (χ1) is 11.6. The summed E-state index contributed by atoms with van der Waals surface area (Å²) >= 11 is 0. The van der Waals surface area contributed by atoms with E-state index in [0.717, 1.165) is 43.7 Å². The number of carboxylic acid groups (broad SMARTS) is 1. The lowest BCUT2D eigenvalue weighted by atomic mass is 9.73. The van der Waals surface area contributed by atoms with Crippen LogP contribution in [0, 0.1) is 17.2 Å². The van der Waals surface area contributed by atoms with Crippen LogP contribution in [-0.2, 0) is 10.2 Å². The van der Waals surface area contributed by atoms with E-state index in [1.165, 1.54) is 6.07 Å². The van der Waals surface area contributed by atoms with Crippen LogP contribution in [0.2, 0.25) is 0 Å². The monoisotopic (exact) mass is 348 g/mol. The maximum atomic E-state index is 13.8. The van der Waals surface area contributed by atoms with Gasteiger partial charge in [0.2, 0.25) is 0 Å². The van der Waals surface area contributed by atoms with Crippen LogP contribution in [0.3, 0.4) is 0 Å². The van der Waals surface area contributed by atoms with Crippen molar-refractivity contribution >= 4 is 11.7 Å². The highest BCUT2D eigenvalue weighted by molar-refractivity contribution is 5.71. The molecule has 1 spiro atoms. The van der Waals surface area contributed by atoms with Crippen molar-refractivity contribution in [2.45, 2.75) is 39.0 Å². The van der Waals surface area contributed by atoms with Crippen LogP contribution >= 0.6 is 0 Å². The Morgan fingerprint density at radius 1 is 1.32 bits per heavy atom. The molecule has 1 atom stereocenters. The number of halogens is 1. The Morgan fingerprint density at radius 2 is 1.96 bits per heavy atom. The molecular formula is C20H29FN2O2. The van der Waals surface area contributed by atoms with Crippen molar-refractivity contribution in [2.75, 3.05) is 38.1 Å². The molecule has 2 heterocycles. The molecule has 0 aliphatic carbocycles. The molecule has 0 aromatic heterocycles. The maximum absolute atomic E-state index is 13.8. The summed E-state index contributed by atoms with van der Waals surface area (Å²) in [6.45, 7) is 9.20. The van der Waals surface area contributed by atoms with E-state index in [4.69, 9.17) is 0 Å². The van der Waals surface area contributed by atoms with Crippen LogP contribution in [0.15, 0.2) is 18.2 Å². The predicted octanol–water partition coefficient (Wildman–Crippen LogP) is 3.36. The van der Waals surface area contributed by atoms with Gasteiger partial charge < -0.3 is 14.9 Å². The average Bonchev–Trinajstić information content (AvgIpc) is 2.77. The van der Waals surface area contributed by atoms with Gasteiger partial charge in [0.05, 0.1) is 5.92 Å². The van der Waals surface area contributed by atoms with Crippen LogP contribution < -0.4 is 4.90 Å². The molecule has 138 valence electrons. The van der Waals surface area contributed by atoms with Crippen LogP contribution in [-0.4, -0.2) is 49.2 Å². The highest BCUT2D eigenvalue weighted by Crippen LogP contribution is 2.46. The number of piperidine rings is 1. The highest BCUT2D eigenvalue weighted by Gasteiger charge is 2.44. The standard InChI is InChI=1S/C20H29FN2O2/c1-19(2,3)16(18(24)25)12-23-9-7-20(8-10-23)13-22(4)17-6-5-14(21)11-15(17)20/h5-6,11,16H,7-10,12-13H2,1-4H3,(H,24,25). The molecule has 4 nitrogen and oxygen atoms in total. The molecule has 0 bridgehead atoms. The number of carbonyl (C=O) groups is 1. The Labute approximate surface area is 149 Å². The summed E-state index contributed by atoms with van der Waals surface area (Å²) in [4.78, 5) is 16.1. The molecule has 1 aromatic rings. The maximum Gasteiger partial charge on any atom is 0.308 e. The van der Waals surface area contributed by atoms with Gasteiger partial charge in [-0.3, -0.25) is 4.79 Å². The summed E-state index contributed by atoms with van der Waals surface area (Å²) in [6.07, 6.45) is 1.90. The van der Waals surface area contributed by atoms with Crippen molar-refractivity contribution in [2.24, 2.45) is 11.3 Å². The normalized spacial score (nSPS) is 21.4. The first-order valence-electron chi connectivity index (χ1n) is 9.09. The zero-order chi connectivity index (χ0) is 18.4. The lowest BCUT2D eigenvalue weighted by molar-refractivity contribution is -0.146. The fourth-order valence-corrected chi connectivity index (χ4v) is 4.46. The number of carboxylic acids is 1. The van der Waals surface area contributed by atoms with E-state index in [1.807, 2.05) is 26.8 Å². The number of benzene rings is 1. The van der Waals surface area contributed by atoms with E-state index in [-0.39, 0.29) is 22.6 Å². The fraction of sp³-hybridized carbons (Fsp3) is 0.650. The molecule has 1 aromatic carbocycles. The van der Waals surface area contributed by atoms with Gasteiger partial charge in [0.1, 0.15) is 5.82 Å². The van der Waals surface area contributed by atoms with E-state index in [9.17, 15) is 14.3 Å². The van der Waals surface area contributed by atoms with Gasteiger partial charge in [0.15, 0.2) is 0 Å². The number of nitrogens with zero attached hydrogens (tertiary/aromatic N) is 2. The second-order valence-electron chi connectivity index (χ2n) is 8.86. The third kappa shape index (κ3) is 3.39. The minimum atomic E-state index is -0.721. The number of fused-ring (bicyclic) bond motifs is 2. The van der Waals surface area contributed by atoms with Crippen LogP contribution in [0.4, 0.5) is 10.1 Å². The number of hydrogen-bond donors (Lipinski definition) is 1. The SMILES string of the molecule is CN1CC2(CCN(CC(C(=O)O)C(C)(C)C)CC2)c2cc(F)ccc21. The van der Waals surface area contributed by atoms with Crippen LogP contribution in [0.1, 0.15) is 39.2 Å². The van der Waals surface area contributed by atoms with Gasteiger partial charge in [-0.05, 0) is 55.1 Å². The highest BCUT2D eigenvalue weighted by atomic mass is 19.1. The van der Waals surface area contributed by atoms with Crippen molar-refractivity contribution in [1.29, 1.82) is 0 Å². The molecular weight excluding hydrogens is 319 g/mol. The molecule has 0 amide bonds. The summed E-state index contributed by atoms with van der Waals surface area (Å²) in [5.74, 6) is -1.27. The second-order valence-corrected chi connectivity index (χ2v) is 8.86. The topological polar surface area (TPSA) is 43.8 Å². The molecule has 1 saturated heterocycles. The lowest BCUT2D eigenvalue weighted by Crippen LogP contribution is -2.48. The number of likely N-dealkylation sites (N-methyl/N-ethyl adjacent to an activating group) is 1. The van der Waals surface area contributed by atoms with E-state index in [1.54, 1.807) is 6.07 Å². The molecule has 1 unspecified atom stereocenters. The van der Waals surface area contributed by atoms with Crippen LogP contribution in [0.25, 0.3) is 0 Å². The van der Waals surface area contributed by atoms with Crippen molar-refractivity contribution in [1.82, 2.24) is 4.90 Å². The van der Waals surface area contributed by atoms with Crippen molar-refractivity contribution in [3.8, 4) is 0 Å². The molecule has 1 fully saturated rings. The van der Waals surface area contributed by atoms with E-state index in [2.05, 4.69) is 16.8 Å². The minimum absolute atomic E-state index is 0.00311. The molecule has 1 N–H and O–H groups in total. The Balaban J connectivity index is 1.73. The largest absolute Gasteiger partial charge is 0.481 e. The molecule has 2 aliphatic heterocycles. The Hall–Kier alpha value is -1.62. The quantitative estimate of drug-likeness (QED) is 0.910. The van der Waals surface area contributed by atoms with Gasteiger partial charge in [-0.2, -0.15) is 0 Å². The summed E-state index contributed by atoms with van der Waals surface area (Å²) < 4.78 is 13.8. The average molecular weight is 348 g/mol. The smallest absolute Gasteiger partial charge is 0.308 e.